The largest absolute Gasteiger partial charge is 0.365 e. The second-order valence-corrected chi connectivity index (χ2v) is 5.66. The first-order chi connectivity index (χ1) is 7.95. The summed E-state index contributed by atoms with van der Waals surface area (Å²) in [6, 6.07) is 0. The van der Waals surface area contributed by atoms with Crippen LogP contribution in [0, 0.1) is 0 Å². The van der Waals surface area contributed by atoms with Crippen molar-refractivity contribution < 1.29 is 0 Å². The lowest BCUT2D eigenvalue weighted by Crippen LogP contribution is -2.32. The molecule has 1 fully saturated rings. The van der Waals surface area contributed by atoms with E-state index in [4.69, 9.17) is 0 Å². The van der Waals surface area contributed by atoms with Gasteiger partial charge in [-0.1, -0.05) is 18.2 Å². The smallest absolute Gasteiger partial charge is 0.156 e. The highest BCUT2D eigenvalue weighted by Crippen LogP contribution is 2.11. The Labute approximate surface area is 103 Å². The van der Waals surface area contributed by atoms with Gasteiger partial charge in [0.2, 0.25) is 0 Å². The molecule has 1 N–H and O–H groups in total. The van der Waals surface area contributed by atoms with Crippen LogP contribution in [0.25, 0.3) is 0 Å². The van der Waals surface area contributed by atoms with E-state index in [1.807, 2.05) is 11.8 Å². The minimum absolute atomic E-state index is 1.01. The topological polar surface area (TPSA) is 27.6 Å². The van der Waals surface area contributed by atoms with E-state index < -0.39 is 0 Å². The number of thioether (sulfide) groups is 1. The lowest BCUT2D eigenvalue weighted by molar-refractivity contribution is 0.242. The molecule has 4 heteroatoms. The predicted molar refractivity (Wildman–Crippen MR) is 72.3 cm³/mol. The highest BCUT2D eigenvalue weighted by Gasteiger charge is 2.10. The molecule has 0 radical (unpaired) electrons. The molecule has 2 rings (SSSR count). The zero-order valence-corrected chi connectivity index (χ0v) is 10.9. The van der Waals surface area contributed by atoms with Gasteiger partial charge in [0.1, 0.15) is 0 Å². The molecule has 0 bridgehead atoms. The molecule has 1 saturated heterocycles. The Balaban J connectivity index is 1.60. The standard InChI is InChI=1S/C12H23N3S/c1-4-8-15(9-5-1)10-11-16-12-13-6-2-3-7-14-12/h1-11H2,(H,13,14). The van der Waals surface area contributed by atoms with E-state index >= 15 is 0 Å². The molecule has 2 aliphatic heterocycles. The van der Waals surface area contributed by atoms with Gasteiger partial charge in [-0.2, -0.15) is 0 Å². The van der Waals surface area contributed by atoms with Crippen LogP contribution in [0.4, 0.5) is 0 Å². The van der Waals surface area contributed by atoms with E-state index in [2.05, 4.69) is 15.2 Å². The molecule has 3 nitrogen and oxygen atoms in total. The van der Waals surface area contributed by atoms with Gasteiger partial charge >= 0.3 is 0 Å². The first-order valence-electron chi connectivity index (χ1n) is 6.58. The summed E-state index contributed by atoms with van der Waals surface area (Å²) in [7, 11) is 0. The molecule has 92 valence electrons. The minimum Gasteiger partial charge on any atom is -0.365 e. The summed E-state index contributed by atoms with van der Waals surface area (Å²) in [6.45, 7) is 5.96. The third-order valence-corrected chi connectivity index (χ3v) is 4.15. The van der Waals surface area contributed by atoms with Crippen LogP contribution in [0.15, 0.2) is 4.99 Å². The highest BCUT2D eigenvalue weighted by atomic mass is 32.2. The van der Waals surface area contributed by atoms with Crippen molar-refractivity contribution in [3.63, 3.8) is 0 Å². The highest BCUT2D eigenvalue weighted by molar-refractivity contribution is 8.13. The zero-order chi connectivity index (χ0) is 11.1. The van der Waals surface area contributed by atoms with Gasteiger partial charge in [-0.3, -0.25) is 4.99 Å². The number of hydrogen-bond donors (Lipinski definition) is 1. The molecule has 0 unspecified atom stereocenters. The van der Waals surface area contributed by atoms with Crippen molar-refractivity contribution in [3.8, 4) is 0 Å². The Kier molecular flexibility index (Phi) is 5.49. The third kappa shape index (κ3) is 4.34. The van der Waals surface area contributed by atoms with Gasteiger partial charge in [-0.05, 0) is 38.8 Å². The van der Waals surface area contributed by atoms with E-state index in [0.29, 0.717) is 0 Å². The fourth-order valence-corrected chi connectivity index (χ4v) is 3.15. The average molecular weight is 241 g/mol. The van der Waals surface area contributed by atoms with Crippen molar-refractivity contribution in [2.75, 3.05) is 38.5 Å². The summed E-state index contributed by atoms with van der Waals surface area (Å²) in [5.74, 6) is 1.19. The Hall–Kier alpha value is -0.220. The SMILES string of the molecule is C1CCN(CCSC2=NCCCCN2)CC1. The number of likely N-dealkylation sites (tertiary alicyclic amines) is 1. The minimum atomic E-state index is 1.01. The summed E-state index contributed by atoms with van der Waals surface area (Å²) in [5, 5.41) is 4.59. The fourth-order valence-electron chi connectivity index (χ4n) is 2.22. The molecule has 0 spiro atoms. The van der Waals surface area contributed by atoms with Crippen LogP contribution in [0.3, 0.4) is 0 Å². The predicted octanol–water partition coefficient (Wildman–Crippen LogP) is 1.94. The van der Waals surface area contributed by atoms with Crippen LogP contribution in [0.2, 0.25) is 0 Å². The Bertz CT molecular complexity index is 224. The molecule has 0 aliphatic carbocycles. The third-order valence-electron chi connectivity index (χ3n) is 3.21. The van der Waals surface area contributed by atoms with Crippen molar-refractivity contribution in [2.45, 2.75) is 32.1 Å². The molecule has 0 aromatic rings. The van der Waals surface area contributed by atoms with Crippen LogP contribution < -0.4 is 5.32 Å². The molecule has 0 amide bonds. The lowest BCUT2D eigenvalue weighted by Gasteiger charge is -2.26. The van der Waals surface area contributed by atoms with E-state index in [-0.39, 0.29) is 0 Å². The van der Waals surface area contributed by atoms with Crippen LogP contribution >= 0.6 is 11.8 Å². The molecule has 0 saturated carbocycles. The summed E-state index contributed by atoms with van der Waals surface area (Å²) in [6.07, 6.45) is 6.72. The maximum atomic E-state index is 4.56. The van der Waals surface area contributed by atoms with Crippen LogP contribution in [-0.2, 0) is 0 Å². The second-order valence-electron chi connectivity index (χ2n) is 4.57. The zero-order valence-electron chi connectivity index (χ0n) is 10.1. The van der Waals surface area contributed by atoms with E-state index in [9.17, 15) is 0 Å². The van der Waals surface area contributed by atoms with Crippen LogP contribution in [0.1, 0.15) is 32.1 Å². The van der Waals surface area contributed by atoms with Crippen molar-refractivity contribution in [1.82, 2.24) is 10.2 Å². The molecule has 0 atom stereocenters. The number of rotatable bonds is 3. The Morgan fingerprint density at radius 3 is 2.88 bits per heavy atom. The number of amidine groups is 1. The van der Waals surface area contributed by atoms with Gasteiger partial charge in [-0.15, -0.1) is 0 Å². The molecular weight excluding hydrogens is 218 g/mol. The summed E-state index contributed by atoms with van der Waals surface area (Å²) in [5.41, 5.74) is 0. The normalized spacial score (nSPS) is 23.4. The van der Waals surface area contributed by atoms with Gasteiger partial charge in [0.05, 0.1) is 0 Å². The number of nitrogens with one attached hydrogen (secondary N) is 1. The molecule has 0 aromatic heterocycles. The molecule has 16 heavy (non-hydrogen) atoms. The number of aliphatic imine (C=N–C) groups is 1. The van der Waals surface area contributed by atoms with E-state index in [1.165, 1.54) is 62.7 Å². The van der Waals surface area contributed by atoms with Gasteiger partial charge in [-0.25, -0.2) is 0 Å². The van der Waals surface area contributed by atoms with E-state index in [1.54, 1.807) is 0 Å². The second kappa shape index (κ2) is 7.17. The van der Waals surface area contributed by atoms with Gasteiger partial charge < -0.3 is 10.2 Å². The number of piperidine rings is 1. The molecular formula is C12H23N3S. The van der Waals surface area contributed by atoms with Crippen molar-refractivity contribution in [3.05, 3.63) is 0 Å². The summed E-state index contributed by atoms with van der Waals surface area (Å²) in [4.78, 5) is 7.15. The van der Waals surface area contributed by atoms with Crippen LogP contribution in [-0.4, -0.2) is 48.5 Å². The summed E-state index contributed by atoms with van der Waals surface area (Å²) >= 11 is 1.90. The average Bonchev–Trinajstić information content (AvgIpc) is 2.59. The fraction of sp³-hybridized carbons (Fsp3) is 0.917. The Morgan fingerprint density at radius 1 is 1.12 bits per heavy atom. The first-order valence-corrected chi connectivity index (χ1v) is 7.57. The quantitative estimate of drug-likeness (QED) is 0.818. The maximum Gasteiger partial charge on any atom is 0.156 e. The first kappa shape index (κ1) is 12.2. The lowest BCUT2D eigenvalue weighted by atomic mass is 10.1. The number of hydrogen-bond acceptors (Lipinski definition) is 4. The van der Waals surface area contributed by atoms with Crippen LogP contribution in [0.5, 0.6) is 0 Å². The monoisotopic (exact) mass is 241 g/mol. The van der Waals surface area contributed by atoms with Crippen molar-refractivity contribution in [2.24, 2.45) is 4.99 Å². The molecule has 2 aliphatic rings. The molecule has 2 heterocycles. The van der Waals surface area contributed by atoms with Gasteiger partial charge in [0.15, 0.2) is 5.17 Å². The number of nitrogens with zero attached hydrogens (tertiary/aromatic N) is 2. The molecule has 0 aromatic carbocycles. The van der Waals surface area contributed by atoms with Gasteiger partial charge in [0.25, 0.3) is 0 Å². The Morgan fingerprint density at radius 2 is 2.00 bits per heavy atom. The van der Waals surface area contributed by atoms with Crippen molar-refractivity contribution in [1.29, 1.82) is 0 Å². The summed E-state index contributed by atoms with van der Waals surface area (Å²) < 4.78 is 0. The van der Waals surface area contributed by atoms with E-state index in [0.717, 1.165) is 13.1 Å². The van der Waals surface area contributed by atoms with Gasteiger partial charge in [0, 0.05) is 25.4 Å². The maximum absolute atomic E-state index is 4.56. The van der Waals surface area contributed by atoms with Crippen molar-refractivity contribution >= 4 is 16.9 Å².